The lowest BCUT2D eigenvalue weighted by Gasteiger charge is -2.41. The fraction of sp³-hybridized carbons (Fsp3) is 0.682. The van der Waals surface area contributed by atoms with E-state index in [-0.39, 0.29) is 0 Å². The molecule has 1 atom stereocenters. The minimum atomic E-state index is 0.291. The second-order valence-electron chi connectivity index (χ2n) is 8.36. The van der Waals surface area contributed by atoms with E-state index in [4.69, 9.17) is 4.74 Å². The van der Waals surface area contributed by atoms with E-state index in [1.807, 2.05) is 16.8 Å². The number of methoxy groups -OCH3 is 1. The highest BCUT2D eigenvalue weighted by Gasteiger charge is 2.31. The molecule has 1 aliphatic carbocycles. The molecule has 4 rings (SSSR count). The number of hydrogen-bond donors (Lipinski definition) is 0. The standard InChI is InChI=1S/C22H34N6O/c1-3-6-21(27-15-13-26(14-16-27)19-7-4-5-8-19)22-23-24-25-28(22)17-18-9-11-20(29-2)12-10-18/h9-12,19,21H,3-8,13-17H2,1-2H3. The van der Waals surface area contributed by atoms with Gasteiger partial charge in [-0.2, -0.15) is 0 Å². The zero-order chi connectivity index (χ0) is 20.1. The third-order valence-electron chi connectivity index (χ3n) is 6.54. The Balaban J connectivity index is 1.44. The molecule has 2 aliphatic rings. The lowest BCUT2D eigenvalue weighted by Crippen LogP contribution is -2.50. The number of hydrogen-bond acceptors (Lipinski definition) is 6. The zero-order valence-electron chi connectivity index (χ0n) is 17.8. The number of tetrazole rings is 1. The molecule has 1 aromatic heterocycles. The van der Waals surface area contributed by atoms with Crippen LogP contribution in [0.15, 0.2) is 24.3 Å². The summed E-state index contributed by atoms with van der Waals surface area (Å²) >= 11 is 0. The second kappa shape index (κ2) is 9.67. The molecule has 1 aliphatic heterocycles. The molecule has 0 spiro atoms. The van der Waals surface area contributed by atoms with Crippen LogP contribution in [0.5, 0.6) is 5.75 Å². The van der Waals surface area contributed by atoms with Gasteiger partial charge in [0.2, 0.25) is 0 Å². The van der Waals surface area contributed by atoms with Crippen LogP contribution in [-0.4, -0.2) is 69.3 Å². The SMILES string of the molecule is CCCC(c1nnnn1Cc1ccc(OC)cc1)N1CCN(C2CCCC2)CC1. The van der Waals surface area contributed by atoms with Crippen LogP contribution in [-0.2, 0) is 6.54 Å². The molecule has 158 valence electrons. The van der Waals surface area contributed by atoms with Crippen LogP contribution in [0.1, 0.15) is 62.9 Å². The molecule has 2 heterocycles. The van der Waals surface area contributed by atoms with Gasteiger partial charge in [-0.15, -0.1) is 5.10 Å². The van der Waals surface area contributed by atoms with E-state index in [2.05, 4.69) is 44.4 Å². The molecule has 7 heteroatoms. The Bertz CT molecular complexity index is 747. The van der Waals surface area contributed by atoms with Crippen molar-refractivity contribution in [1.29, 1.82) is 0 Å². The number of ether oxygens (including phenoxy) is 1. The molecule has 0 bridgehead atoms. The molecule has 1 aromatic carbocycles. The quantitative estimate of drug-likeness (QED) is 0.681. The Morgan fingerprint density at radius 1 is 1.07 bits per heavy atom. The maximum Gasteiger partial charge on any atom is 0.168 e. The number of rotatable bonds is 8. The largest absolute Gasteiger partial charge is 0.497 e. The molecular formula is C22H34N6O. The predicted molar refractivity (Wildman–Crippen MR) is 113 cm³/mol. The summed E-state index contributed by atoms with van der Waals surface area (Å²) in [7, 11) is 1.69. The van der Waals surface area contributed by atoms with E-state index >= 15 is 0 Å². The van der Waals surface area contributed by atoms with Gasteiger partial charge in [-0.25, -0.2) is 4.68 Å². The first-order valence-electron chi connectivity index (χ1n) is 11.2. The van der Waals surface area contributed by atoms with E-state index < -0.39 is 0 Å². The summed E-state index contributed by atoms with van der Waals surface area (Å²) in [6.07, 6.45) is 7.80. The molecule has 1 unspecified atom stereocenters. The number of aromatic nitrogens is 4. The lowest BCUT2D eigenvalue weighted by atomic mass is 10.1. The van der Waals surface area contributed by atoms with Crippen molar-refractivity contribution >= 4 is 0 Å². The van der Waals surface area contributed by atoms with Crippen molar-refractivity contribution in [3.05, 3.63) is 35.7 Å². The molecule has 0 N–H and O–H groups in total. The first kappa shape index (κ1) is 20.3. The van der Waals surface area contributed by atoms with Gasteiger partial charge in [-0.1, -0.05) is 38.3 Å². The van der Waals surface area contributed by atoms with Gasteiger partial charge in [0, 0.05) is 32.2 Å². The smallest absolute Gasteiger partial charge is 0.168 e. The van der Waals surface area contributed by atoms with Crippen molar-refractivity contribution < 1.29 is 4.74 Å². The third kappa shape index (κ3) is 4.78. The van der Waals surface area contributed by atoms with Gasteiger partial charge in [-0.3, -0.25) is 9.80 Å². The first-order chi connectivity index (χ1) is 14.3. The monoisotopic (exact) mass is 398 g/mol. The Morgan fingerprint density at radius 3 is 2.45 bits per heavy atom. The van der Waals surface area contributed by atoms with E-state index in [0.29, 0.717) is 12.6 Å². The number of benzene rings is 1. The molecule has 0 amide bonds. The minimum Gasteiger partial charge on any atom is -0.497 e. The normalized spacial score (nSPS) is 20.2. The molecule has 29 heavy (non-hydrogen) atoms. The van der Waals surface area contributed by atoms with Crippen LogP contribution >= 0.6 is 0 Å². The summed E-state index contributed by atoms with van der Waals surface area (Å²) in [4.78, 5) is 5.32. The summed E-state index contributed by atoms with van der Waals surface area (Å²) in [6.45, 7) is 7.50. The molecule has 0 radical (unpaired) electrons. The van der Waals surface area contributed by atoms with Gasteiger partial charge >= 0.3 is 0 Å². The topological polar surface area (TPSA) is 59.3 Å². The fourth-order valence-corrected chi connectivity index (χ4v) is 4.90. The van der Waals surface area contributed by atoms with E-state index in [1.54, 1.807) is 7.11 Å². The molecular weight excluding hydrogens is 364 g/mol. The molecule has 2 aromatic rings. The zero-order valence-corrected chi connectivity index (χ0v) is 17.8. The van der Waals surface area contributed by atoms with E-state index in [0.717, 1.165) is 43.5 Å². The van der Waals surface area contributed by atoms with Crippen LogP contribution in [0.4, 0.5) is 0 Å². The second-order valence-corrected chi connectivity index (χ2v) is 8.36. The maximum absolute atomic E-state index is 5.27. The molecule has 2 fully saturated rings. The maximum atomic E-state index is 5.27. The van der Waals surface area contributed by atoms with Gasteiger partial charge in [0.15, 0.2) is 5.82 Å². The highest BCUT2D eigenvalue weighted by atomic mass is 16.5. The van der Waals surface area contributed by atoms with Crippen molar-refractivity contribution in [2.24, 2.45) is 0 Å². The molecule has 1 saturated heterocycles. The van der Waals surface area contributed by atoms with Gasteiger partial charge in [0.25, 0.3) is 0 Å². The highest BCUT2D eigenvalue weighted by molar-refractivity contribution is 5.27. The summed E-state index contributed by atoms with van der Waals surface area (Å²) in [5.41, 5.74) is 1.18. The first-order valence-corrected chi connectivity index (χ1v) is 11.2. The van der Waals surface area contributed by atoms with Gasteiger partial charge in [0.05, 0.1) is 19.7 Å². The van der Waals surface area contributed by atoms with Crippen molar-refractivity contribution in [3.63, 3.8) is 0 Å². The fourth-order valence-electron chi connectivity index (χ4n) is 4.90. The van der Waals surface area contributed by atoms with Crippen molar-refractivity contribution in [1.82, 2.24) is 30.0 Å². The Morgan fingerprint density at radius 2 is 1.79 bits per heavy atom. The van der Waals surface area contributed by atoms with Gasteiger partial charge < -0.3 is 4.74 Å². The van der Waals surface area contributed by atoms with Crippen molar-refractivity contribution in [2.75, 3.05) is 33.3 Å². The predicted octanol–water partition coefficient (Wildman–Crippen LogP) is 3.13. The number of piperazine rings is 1. The summed E-state index contributed by atoms with van der Waals surface area (Å²) in [5, 5.41) is 12.8. The average Bonchev–Trinajstić information content (AvgIpc) is 3.45. The summed E-state index contributed by atoms with van der Waals surface area (Å²) < 4.78 is 7.24. The van der Waals surface area contributed by atoms with E-state index in [1.165, 1.54) is 44.3 Å². The Kier molecular flexibility index (Phi) is 6.77. The van der Waals surface area contributed by atoms with Crippen LogP contribution < -0.4 is 4.74 Å². The minimum absolute atomic E-state index is 0.291. The number of nitrogens with zero attached hydrogens (tertiary/aromatic N) is 6. The Hall–Kier alpha value is -1.99. The third-order valence-corrected chi connectivity index (χ3v) is 6.54. The summed E-state index contributed by atoms with van der Waals surface area (Å²) in [5.74, 6) is 1.87. The van der Waals surface area contributed by atoms with Crippen LogP contribution in [0.3, 0.4) is 0 Å². The summed E-state index contributed by atoms with van der Waals surface area (Å²) in [6, 6.07) is 9.26. The molecule has 1 saturated carbocycles. The highest BCUT2D eigenvalue weighted by Crippen LogP contribution is 2.29. The van der Waals surface area contributed by atoms with E-state index in [9.17, 15) is 0 Å². The van der Waals surface area contributed by atoms with Crippen LogP contribution in [0, 0.1) is 0 Å². The van der Waals surface area contributed by atoms with Crippen LogP contribution in [0.2, 0.25) is 0 Å². The Labute approximate surface area is 174 Å². The molecule has 7 nitrogen and oxygen atoms in total. The average molecular weight is 399 g/mol. The van der Waals surface area contributed by atoms with Crippen molar-refractivity contribution in [2.45, 2.75) is 64.1 Å². The lowest BCUT2D eigenvalue weighted by molar-refractivity contribution is 0.0627. The van der Waals surface area contributed by atoms with Gasteiger partial charge in [0.1, 0.15) is 5.75 Å². The van der Waals surface area contributed by atoms with Gasteiger partial charge in [-0.05, 0) is 47.4 Å². The van der Waals surface area contributed by atoms with Crippen molar-refractivity contribution in [3.8, 4) is 5.75 Å². The van der Waals surface area contributed by atoms with Crippen LogP contribution in [0.25, 0.3) is 0 Å².